The molecular formula is C15H17N. The molecule has 0 aliphatic rings. The molecule has 0 fully saturated rings. The summed E-state index contributed by atoms with van der Waals surface area (Å²) in [5.74, 6) is 0.561. The van der Waals surface area contributed by atoms with Crippen molar-refractivity contribution in [3.63, 3.8) is 0 Å². The number of benzene rings is 1. The molecule has 1 aromatic carbocycles. The normalized spacial score (nSPS) is 10.8. The summed E-state index contributed by atoms with van der Waals surface area (Å²) in [5, 5.41) is 0. The van der Waals surface area contributed by atoms with Crippen molar-refractivity contribution in [2.24, 2.45) is 0 Å². The highest BCUT2D eigenvalue weighted by Crippen LogP contribution is 2.22. The number of pyridine rings is 1. The van der Waals surface area contributed by atoms with E-state index in [4.69, 9.17) is 0 Å². The second-order valence-electron chi connectivity index (χ2n) is 4.50. The summed E-state index contributed by atoms with van der Waals surface area (Å²) in [4.78, 5) is 4.45. The average Bonchev–Trinajstić information content (AvgIpc) is 2.30. The predicted molar refractivity (Wildman–Crippen MR) is 68.5 cm³/mol. The smallest absolute Gasteiger partial charge is 0.0702 e. The van der Waals surface area contributed by atoms with Gasteiger partial charge < -0.3 is 0 Å². The summed E-state index contributed by atoms with van der Waals surface area (Å²) in [6.45, 7) is 6.48. The van der Waals surface area contributed by atoms with Crippen molar-refractivity contribution >= 4 is 0 Å². The second-order valence-corrected chi connectivity index (χ2v) is 4.50. The van der Waals surface area contributed by atoms with E-state index in [2.05, 4.69) is 62.2 Å². The Morgan fingerprint density at radius 3 is 2.50 bits per heavy atom. The first-order chi connectivity index (χ1) is 7.66. The van der Waals surface area contributed by atoms with Crippen LogP contribution in [0.4, 0.5) is 0 Å². The number of hydrogen-bond donors (Lipinski definition) is 0. The molecule has 0 saturated heterocycles. The maximum absolute atomic E-state index is 4.45. The first-order valence-electron chi connectivity index (χ1n) is 5.70. The Morgan fingerprint density at radius 2 is 1.88 bits per heavy atom. The van der Waals surface area contributed by atoms with Crippen molar-refractivity contribution in [2.45, 2.75) is 26.7 Å². The lowest BCUT2D eigenvalue weighted by Gasteiger charge is -2.07. The van der Waals surface area contributed by atoms with Gasteiger partial charge in [0.05, 0.1) is 5.69 Å². The Morgan fingerprint density at radius 1 is 1.06 bits per heavy atom. The molecule has 0 saturated carbocycles. The van der Waals surface area contributed by atoms with Gasteiger partial charge in [-0.15, -0.1) is 0 Å². The molecule has 0 bridgehead atoms. The molecule has 1 heteroatoms. The third-order valence-electron chi connectivity index (χ3n) is 2.76. The molecule has 1 nitrogen and oxygen atoms in total. The molecule has 0 amide bonds. The summed E-state index contributed by atoms with van der Waals surface area (Å²) in [5.41, 5.74) is 4.81. The first kappa shape index (κ1) is 10.9. The third-order valence-corrected chi connectivity index (χ3v) is 2.76. The van der Waals surface area contributed by atoms with E-state index in [1.807, 2.05) is 6.20 Å². The zero-order valence-electron chi connectivity index (χ0n) is 10.1. The lowest BCUT2D eigenvalue weighted by atomic mass is 9.99. The van der Waals surface area contributed by atoms with E-state index < -0.39 is 0 Å². The average molecular weight is 211 g/mol. The molecule has 0 spiro atoms. The molecule has 1 aromatic heterocycles. The number of nitrogens with zero attached hydrogens (tertiary/aromatic N) is 1. The van der Waals surface area contributed by atoms with Gasteiger partial charge in [0.25, 0.3) is 0 Å². The number of hydrogen-bond acceptors (Lipinski definition) is 1. The van der Waals surface area contributed by atoms with Crippen molar-refractivity contribution in [1.29, 1.82) is 0 Å². The van der Waals surface area contributed by atoms with Crippen molar-refractivity contribution in [1.82, 2.24) is 4.98 Å². The fourth-order valence-corrected chi connectivity index (χ4v) is 1.70. The zero-order valence-corrected chi connectivity index (χ0v) is 10.1. The van der Waals surface area contributed by atoms with Gasteiger partial charge in [-0.1, -0.05) is 38.1 Å². The molecule has 0 atom stereocenters. The highest BCUT2D eigenvalue weighted by atomic mass is 14.7. The minimum absolute atomic E-state index is 0.561. The van der Waals surface area contributed by atoms with Gasteiger partial charge >= 0.3 is 0 Å². The molecule has 0 N–H and O–H groups in total. The van der Waals surface area contributed by atoms with Crippen molar-refractivity contribution in [3.8, 4) is 11.3 Å². The van der Waals surface area contributed by atoms with Crippen LogP contribution in [-0.2, 0) is 0 Å². The van der Waals surface area contributed by atoms with Crippen molar-refractivity contribution < 1.29 is 0 Å². The first-order valence-corrected chi connectivity index (χ1v) is 5.70. The van der Waals surface area contributed by atoms with Crippen LogP contribution in [0.1, 0.15) is 30.9 Å². The van der Waals surface area contributed by atoms with Crippen molar-refractivity contribution in [3.05, 3.63) is 53.7 Å². The van der Waals surface area contributed by atoms with E-state index in [0.717, 1.165) is 5.69 Å². The Kier molecular flexibility index (Phi) is 3.04. The van der Waals surface area contributed by atoms with Gasteiger partial charge in [-0.25, -0.2) is 0 Å². The van der Waals surface area contributed by atoms with Gasteiger partial charge in [-0.05, 0) is 36.1 Å². The highest BCUT2D eigenvalue weighted by Gasteiger charge is 2.02. The molecule has 0 aliphatic heterocycles. The molecular weight excluding hydrogens is 194 g/mol. The largest absolute Gasteiger partial charge is 0.256 e. The second kappa shape index (κ2) is 4.48. The number of aryl methyl sites for hydroxylation is 1. The van der Waals surface area contributed by atoms with Crippen LogP contribution in [0.2, 0.25) is 0 Å². The van der Waals surface area contributed by atoms with Gasteiger partial charge in [0.15, 0.2) is 0 Å². The fourth-order valence-electron chi connectivity index (χ4n) is 1.70. The van der Waals surface area contributed by atoms with E-state index in [9.17, 15) is 0 Å². The van der Waals surface area contributed by atoms with Crippen molar-refractivity contribution in [2.75, 3.05) is 0 Å². The van der Waals surface area contributed by atoms with Gasteiger partial charge in [-0.2, -0.15) is 0 Å². The summed E-state index contributed by atoms with van der Waals surface area (Å²) < 4.78 is 0. The van der Waals surface area contributed by atoms with E-state index in [1.165, 1.54) is 16.7 Å². The quantitative estimate of drug-likeness (QED) is 0.726. The Balaban J connectivity index is 2.40. The van der Waals surface area contributed by atoms with Gasteiger partial charge in [0.1, 0.15) is 0 Å². The molecule has 2 rings (SSSR count). The summed E-state index contributed by atoms with van der Waals surface area (Å²) in [6, 6.07) is 12.8. The van der Waals surface area contributed by atoms with Crippen LogP contribution in [0.15, 0.2) is 42.6 Å². The minimum Gasteiger partial charge on any atom is -0.256 e. The summed E-state index contributed by atoms with van der Waals surface area (Å²) in [7, 11) is 0. The van der Waals surface area contributed by atoms with Gasteiger partial charge in [0.2, 0.25) is 0 Å². The van der Waals surface area contributed by atoms with Crippen LogP contribution >= 0.6 is 0 Å². The number of aromatic nitrogens is 1. The third kappa shape index (κ3) is 2.30. The monoisotopic (exact) mass is 211 g/mol. The van der Waals surface area contributed by atoms with Gasteiger partial charge in [-0.3, -0.25) is 4.98 Å². The van der Waals surface area contributed by atoms with Crippen LogP contribution in [0, 0.1) is 6.92 Å². The van der Waals surface area contributed by atoms with E-state index >= 15 is 0 Å². The summed E-state index contributed by atoms with van der Waals surface area (Å²) in [6.07, 6.45) is 1.91. The predicted octanol–water partition coefficient (Wildman–Crippen LogP) is 4.18. The van der Waals surface area contributed by atoms with E-state index in [1.54, 1.807) is 0 Å². The maximum atomic E-state index is 4.45. The highest BCUT2D eigenvalue weighted by molar-refractivity contribution is 5.60. The van der Waals surface area contributed by atoms with Crippen LogP contribution in [-0.4, -0.2) is 4.98 Å². The summed E-state index contributed by atoms with van der Waals surface area (Å²) >= 11 is 0. The zero-order chi connectivity index (χ0) is 11.5. The number of rotatable bonds is 2. The van der Waals surface area contributed by atoms with Crippen LogP contribution in [0.5, 0.6) is 0 Å². The van der Waals surface area contributed by atoms with Crippen LogP contribution < -0.4 is 0 Å². The lowest BCUT2D eigenvalue weighted by molar-refractivity contribution is 0.867. The molecule has 0 radical (unpaired) electrons. The van der Waals surface area contributed by atoms with E-state index in [-0.39, 0.29) is 0 Å². The van der Waals surface area contributed by atoms with E-state index in [0.29, 0.717) is 5.92 Å². The minimum atomic E-state index is 0.561. The molecule has 0 aliphatic carbocycles. The molecule has 16 heavy (non-hydrogen) atoms. The standard InChI is InChI=1S/C15H17N/c1-11(2)13-5-4-6-14(9-13)15-8-7-12(3)10-16-15/h4-11H,1-3H3. The molecule has 82 valence electrons. The van der Waals surface area contributed by atoms with Gasteiger partial charge in [0, 0.05) is 11.8 Å². The van der Waals surface area contributed by atoms with Crippen LogP contribution in [0.25, 0.3) is 11.3 Å². The fraction of sp³-hybridized carbons (Fsp3) is 0.267. The maximum Gasteiger partial charge on any atom is 0.0702 e. The Labute approximate surface area is 97.2 Å². The Hall–Kier alpha value is -1.63. The molecule has 2 aromatic rings. The topological polar surface area (TPSA) is 12.9 Å². The molecule has 1 heterocycles. The SMILES string of the molecule is Cc1ccc(-c2cccc(C(C)C)c2)nc1. The molecule has 0 unspecified atom stereocenters. The van der Waals surface area contributed by atoms with Crippen LogP contribution in [0.3, 0.4) is 0 Å². The lowest BCUT2D eigenvalue weighted by Crippen LogP contribution is -1.89. The Bertz CT molecular complexity index is 469.